The summed E-state index contributed by atoms with van der Waals surface area (Å²) in [7, 11) is -3.91. The third kappa shape index (κ3) is 14.9. The van der Waals surface area contributed by atoms with Gasteiger partial charge in [0.2, 0.25) is 21.8 Å². The number of aliphatic carboxylic acids is 4. The van der Waals surface area contributed by atoms with Crippen LogP contribution >= 0.6 is 0 Å². The predicted octanol–water partition coefficient (Wildman–Crippen LogP) is -2.07. The number of carboxylic acids is 4. The van der Waals surface area contributed by atoms with E-state index in [-0.39, 0.29) is 45.0 Å². The molecule has 2 aromatic heterocycles. The Balaban J connectivity index is 0.00000443. The van der Waals surface area contributed by atoms with Gasteiger partial charge in [0.05, 0.1) is 18.0 Å². The summed E-state index contributed by atoms with van der Waals surface area (Å²) in [6.45, 7) is 0.718. The van der Waals surface area contributed by atoms with Crippen LogP contribution in [0.4, 0.5) is 0 Å². The molecule has 0 unspecified atom stereocenters. The summed E-state index contributed by atoms with van der Waals surface area (Å²) in [5, 5.41) is 41.7. The van der Waals surface area contributed by atoms with Crippen molar-refractivity contribution in [2.75, 3.05) is 32.7 Å². The van der Waals surface area contributed by atoms with E-state index in [1.807, 2.05) is 4.90 Å². The predicted molar refractivity (Wildman–Crippen MR) is 168 cm³/mol. The summed E-state index contributed by atoms with van der Waals surface area (Å²) >= 11 is 0. The van der Waals surface area contributed by atoms with Gasteiger partial charge in [-0.05, 0) is 24.1 Å². The number of aromatic nitrogens is 4. The molecule has 0 atom stereocenters. The maximum Gasteiger partial charge on any atom is 0 e. The number of primary sulfonamides is 1. The topological polar surface area (TPSA) is 309 Å². The fourth-order valence-corrected chi connectivity index (χ4v) is 5.14. The average molecular weight is 921 g/mol. The molecule has 2 amide bonds. The molecular weight excluding hydrogens is 887 g/mol. The molecule has 23 heteroatoms. The van der Waals surface area contributed by atoms with Crippen molar-refractivity contribution in [1.82, 2.24) is 33.8 Å². The van der Waals surface area contributed by atoms with Crippen molar-refractivity contribution in [2.45, 2.75) is 37.5 Å². The molecule has 3 aromatic rings. The van der Waals surface area contributed by atoms with Gasteiger partial charge in [-0.3, -0.25) is 33.7 Å². The molecule has 2 heterocycles. The number of nitrogens with zero attached hydrogens (tertiary/aromatic N) is 7. The fourth-order valence-electron chi connectivity index (χ4n) is 4.63. The molecule has 21 nitrogen and oxygen atoms in total. The zero-order valence-electron chi connectivity index (χ0n) is 27.1. The molecule has 1 radical (unpaired) electrons. The number of amides is 2. The summed E-state index contributed by atoms with van der Waals surface area (Å²) in [6, 6.07) is 5.86. The van der Waals surface area contributed by atoms with Gasteiger partial charge in [-0.1, -0.05) is 12.1 Å². The van der Waals surface area contributed by atoms with E-state index in [1.54, 1.807) is 12.1 Å². The van der Waals surface area contributed by atoms with Crippen LogP contribution in [0.15, 0.2) is 53.9 Å². The van der Waals surface area contributed by atoms with Crippen LogP contribution in [-0.4, -0.2) is 131 Å². The summed E-state index contributed by atoms with van der Waals surface area (Å²) in [5.74, 6) is -6.51. The first kappa shape index (κ1) is 44.8. The third-order valence-electron chi connectivity index (χ3n) is 6.92. The van der Waals surface area contributed by atoms with Crippen molar-refractivity contribution in [2.24, 2.45) is 5.14 Å². The Labute approximate surface area is 309 Å². The van der Waals surface area contributed by atoms with E-state index in [4.69, 9.17) is 30.2 Å². The molecule has 0 fully saturated rings. The van der Waals surface area contributed by atoms with Gasteiger partial charge in [-0.25, -0.2) is 23.5 Å². The van der Waals surface area contributed by atoms with Crippen LogP contribution in [0.3, 0.4) is 0 Å². The zero-order valence-corrected chi connectivity index (χ0v) is 30.7. The van der Waals surface area contributed by atoms with Crippen LogP contribution in [0.5, 0.6) is 0 Å². The second kappa shape index (κ2) is 21.2. The molecule has 0 aliphatic rings. The van der Waals surface area contributed by atoms with Crippen molar-refractivity contribution in [3.63, 3.8) is 0 Å². The van der Waals surface area contributed by atoms with Gasteiger partial charge in [0, 0.05) is 51.8 Å². The minimum atomic E-state index is -3.91. The molecule has 0 aliphatic heterocycles. The summed E-state index contributed by atoms with van der Waals surface area (Å²) in [6.07, 6.45) is 6.06. The Morgan fingerprint density at radius 2 is 1.08 bits per heavy atom. The van der Waals surface area contributed by atoms with Crippen molar-refractivity contribution in [1.29, 1.82) is 0 Å². The molecule has 0 spiro atoms. The number of carbonyl (C=O) groups excluding carboxylic acids is 2. The molecule has 52 heavy (non-hydrogen) atoms. The van der Waals surface area contributed by atoms with E-state index in [1.165, 1.54) is 46.1 Å². The van der Waals surface area contributed by atoms with Crippen molar-refractivity contribution in [3.8, 4) is 0 Å². The van der Waals surface area contributed by atoms with Crippen molar-refractivity contribution < 1.29 is 82.7 Å². The molecule has 0 bridgehead atoms. The van der Waals surface area contributed by atoms with Crippen LogP contribution in [0.2, 0.25) is 0 Å². The minimum Gasteiger partial charge on any atom is 0 e. The first-order chi connectivity index (χ1) is 24.0. The summed E-state index contributed by atoms with van der Waals surface area (Å²) in [4.78, 5) is 82.3. The van der Waals surface area contributed by atoms with E-state index in [9.17, 15) is 37.2 Å². The monoisotopic (exact) mass is 921 g/mol. The van der Waals surface area contributed by atoms with Crippen LogP contribution in [0, 0.1) is 6.65 Å². The Hall–Kier alpha value is -5.27. The Morgan fingerprint density at radius 1 is 0.712 bits per heavy atom. The zero-order chi connectivity index (χ0) is 38.3. The fraction of sp³-hybridized carbons (Fsp3) is 0.345. The number of benzene rings is 1. The maximum atomic E-state index is 12.9. The van der Waals surface area contributed by atoms with Gasteiger partial charge in [-0.2, -0.15) is 0 Å². The molecule has 1 aromatic carbocycles. The molecule has 281 valence electrons. The number of rotatable bonds is 20. The first-order valence-electron chi connectivity index (χ1n) is 14.5. The van der Waals surface area contributed by atoms with Gasteiger partial charge < -0.3 is 39.4 Å². The van der Waals surface area contributed by atoms with Gasteiger partial charge in [0.15, 0.2) is 0 Å². The van der Waals surface area contributed by atoms with Gasteiger partial charge in [0.25, 0.3) is 0 Å². The smallest absolute Gasteiger partial charge is 0 e. The maximum absolute atomic E-state index is 12.9. The van der Waals surface area contributed by atoms with Gasteiger partial charge in [-0.15, -0.1) is 0 Å². The Morgan fingerprint density at radius 3 is 1.40 bits per heavy atom. The standard InChI is InChI=1S/C28H34N8O12S.CO.Re/c29-49(47,48)20-3-1-19(2-4-20)5-8-32(11-21-30-6-9-33(21)13-23(37)35(15-25(39)40)16-26(41)42)12-22-31-7-10-34(22)14-24(38)36(17-27(43)44)18-28(45)46;1-2;/h1-4,6-7,9-10H,5,8,11-18H2,(H,39,40)(H,41,42)(H,43,44)(H,45,46)(H2,29,47,48);;. The van der Waals surface area contributed by atoms with E-state index >= 15 is 0 Å². The number of sulfonamides is 1. The Bertz CT molecular complexity index is 1720. The number of hydrogen-bond acceptors (Lipinski definition) is 11. The van der Waals surface area contributed by atoms with Crippen molar-refractivity contribution in [3.05, 3.63) is 72.9 Å². The van der Waals surface area contributed by atoms with E-state index in [2.05, 4.69) is 16.6 Å². The second-order valence-electron chi connectivity index (χ2n) is 10.7. The van der Waals surface area contributed by atoms with Crippen molar-refractivity contribution >= 4 is 45.7 Å². The molecule has 6 N–H and O–H groups in total. The molecule has 0 aliphatic carbocycles. The second-order valence-corrected chi connectivity index (χ2v) is 12.2. The SMILES string of the molecule is NS(=O)(=O)c1ccc(CCN(Cc2nccn2CC(=O)N(CC(=O)O)CC(=O)O)Cc2nccn2CC(=O)N(CC(=O)O)CC(=O)O)cc1.[C-]#[O+].[Re]. The first-order valence-corrected chi connectivity index (χ1v) is 16.0. The van der Waals surface area contributed by atoms with E-state index in [0.717, 1.165) is 5.56 Å². The van der Waals surface area contributed by atoms with Crippen LogP contribution in [0.1, 0.15) is 17.2 Å². The number of imidazole rings is 2. The average Bonchev–Trinajstić information content (AvgIpc) is 3.67. The van der Waals surface area contributed by atoms with E-state index < -0.39 is 85.0 Å². The van der Waals surface area contributed by atoms with Crippen LogP contribution in [-0.2, 0) is 96.5 Å². The van der Waals surface area contributed by atoms with Gasteiger partial charge >= 0.3 is 35.2 Å². The molecule has 0 saturated heterocycles. The third-order valence-corrected chi connectivity index (χ3v) is 7.85. The number of carboxylic acid groups (broad SMARTS) is 4. The number of nitrogens with two attached hydrogens (primary N) is 1. The number of carbonyl (C=O) groups is 6. The largest absolute Gasteiger partial charge is 0 e. The summed E-state index contributed by atoms with van der Waals surface area (Å²) < 4.78 is 33.6. The summed E-state index contributed by atoms with van der Waals surface area (Å²) in [5.41, 5.74) is 0.727. The minimum absolute atomic E-state index is 0. The van der Waals surface area contributed by atoms with E-state index in [0.29, 0.717) is 27.9 Å². The molecule has 0 saturated carbocycles. The molecular formula is C29H34N8O13ReS. The quantitative estimate of drug-likeness (QED) is 0.0601. The van der Waals surface area contributed by atoms with Crippen LogP contribution < -0.4 is 5.14 Å². The normalized spacial score (nSPS) is 10.7. The molecule has 3 rings (SSSR count). The number of hydrogen-bond donors (Lipinski definition) is 5. The Kier molecular flexibility index (Phi) is 18.2. The van der Waals surface area contributed by atoms with Crippen LogP contribution in [0.25, 0.3) is 0 Å². The van der Waals surface area contributed by atoms with Gasteiger partial charge in [0.1, 0.15) is 50.9 Å².